The van der Waals surface area contributed by atoms with Crippen LogP contribution in [-0.4, -0.2) is 34.9 Å². The van der Waals surface area contributed by atoms with Crippen LogP contribution >= 0.6 is 0 Å². The van der Waals surface area contributed by atoms with Gasteiger partial charge in [-0.1, -0.05) is 31.2 Å². The van der Waals surface area contributed by atoms with Gasteiger partial charge in [0.1, 0.15) is 24.7 Å². The van der Waals surface area contributed by atoms with Crippen LogP contribution in [0.1, 0.15) is 35.4 Å². The molecule has 5 rings (SSSR count). The van der Waals surface area contributed by atoms with Crippen LogP contribution in [-0.2, 0) is 22.6 Å². The summed E-state index contributed by atoms with van der Waals surface area (Å²) in [5.74, 6) is -0.0708. The largest absolute Gasteiger partial charge is 0.507 e. The molecule has 0 bridgehead atoms. The van der Waals surface area contributed by atoms with E-state index in [1.807, 2.05) is 24.3 Å². The van der Waals surface area contributed by atoms with Crippen molar-refractivity contribution >= 4 is 17.4 Å². The van der Waals surface area contributed by atoms with E-state index in [1.54, 1.807) is 30.3 Å². The number of aliphatic hydroxyl groups is 1. The molecule has 3 heterocycles. The van der Waals surface area contributed by atoms with E-state index in [2.05, 4.69) is 6.92 Å². The Bertz CT molecular complexity index is 1230. The van der Waals surface area contributed by atoms with Crippen LogP contribution in [0.2, 0.25) is 0 Å². The number of aryl methyl sites for hydroxylation is 1. The minimum absolute atomic E-state index is 0.0347. The van der Waals surface area contributed by atoms with E-state index in [0.717, 1.165) is 17.5 Å². The van der Waals surface area contributed by atoms with Crippen molar-refractivity contribution in [1.29, 1.82) is 0 Å². The summed E-state index contributed by atoms with van der Waals surface area (Å²) in [5, 5.41) is 11.2. The number of carbonyl (C=O) groups is 2. The number of ketones is 1. The molecule has 1 atom stereocenters. The van der Waals surface area contributed by atoms with Gasteiger partial charge in [-0.05, 0) is 47.9 Å². The topological polar surface area (TPSA) is 89.2 Å². The van der Waals surface area contributed by atoms with Crippen molar-refractivity contribution in [3.05, 3.63) is 88.9 Å². The first-order valence-electron chi connectivity index (χ1n) is 10.9. The van der Waals surface area contributed by atoms with Crippen LogP contribution in [0.4, 0.5) is 0 Å². The number of hydrogen-bond acceptors (Lipinski definition) is 6. The van der Waals surface area contributed by atoms with Crippen molar-refractivity contribution in [2.75, 3.05) is 13.2 Å². The summed E-state index contributed by atoms with van der Waals surface area (Å²) >= 11 is 0. The molecule has 1 fully saturated rings. The zero-order valence-corrected chi connectivity index (χ0v) is 18.1. The minimum atomic E-state index is -0.755. The molecule has 0 spiro atoms. The van der Waals surface area contributed by atoms with Crippen molar-refractivity contribution in [1.82, 2.24) is 4.90 Å². The van der Waals surface area contributed by atoms with E-state index in [9.17, 15) is 14.7 Å². The van der Waals surface area contributed by atoms with E-state index in [0.29, 0.717) is 36.0 Å². The van der Waals surface area contributed by atoms with Gasteiger partial charge in [0.15, 0.2) is 11.5 Å². The molecule has 0 aliphatic carbocycles. The third-order valence-electron chi connectivity index (χ3n) is 5.97. The molecule has 3 aromatic rings. The summed E-state index contributed by atoms with van der Waals surface area (Å²) in [4.78, 5) is 27.7. The fraction of sp³-hybridized carbons (Fsp3) is 0.231. The highest BCUT2D eigenvalue weighted by Gasteiger charge is 2.46. The number of amides is 1. The van der Waals surface area contributed by atoms with Crippen LogP contribution in [0.3, 0.4) is 0 Å². The van der Waals surface area contributed by atoms with Crippen LogP contribution in [0, 0.1) is 0 Å². The molecule has 7 heteroatoms. The second kappa shape index (κ2) is 8.50. The molecule has 1 N–H and O–H groups in total. The summed E-state index contributed by atoms with van der Waals surface area (Å²) in [6, 6.07) is 15.4. The Kier molecular flexibility index (Phi) is 5.38. The van der Waals surface area contributed by atoms with Gasteiger partial charge >= 0.3 is 0 Å². The minimum Gasteiger partial charge on any atom is -0.507 e. The summed E-state index contributed by atoms with van der Waals surface area (Å²) in [5.41, 5.74) is 2.28. The van der Waals surface area contributed by atoms with E-state index >= 15 is 0 Å². The normalized spacial score (nSPS) is 19.2. The summed E-state index contributed by atoms with van der Waals surface area (Å²) in [7, 11) is 0. The lowest BCUT2D eigenvalue weighted by Gasteiger charge is -2.25. The highest BCUT2D eigenvalue weighted by Crippen LogP contribution is 2.41. The SMILES string of the molecule is CCc1ccc(C2/C(=C(/O)c3ccc4c(c3)OCCO4)C(=O)C(=O)N2Cc2ccco2)cc1. The Labute approximate surface area is 190 Å². The number of hydrogen-bond donors (Lipinski definition) is 1. The molecule has 2 aliphatic rings. The second-order valence-electron chi connectivity index (χ2n) is 7.96. The Morgan fingerprint density at radius 2 is 1.79 bits per heavy atom. The predicted molar refractivity (Wildman–Crippen MR) is 120 cm³/mol. The molecular formula is C26H23NO6. The van der Waals surface area contributed by atoms with Crippen molar-refractivity contribution in [3.63, 3.8) is 0 Å². The van der Waals surface area contributed by atoms with Gasteiger partial charge in [0.05, 0.1) is 24.4 Å². The van der Waals surface area contributed by atoms with Gasteiger partial charge in [0.2, 0.25) is 0 Å². The molecule has 1 saturated heterocycles. The summed E-state index contributed by atoms with van der Waals surface area (Å²) in [6.07, 6.45) is 2.39. The number of ether oxygens (including phenoxy) is 2. The van der Waals surface area contributed by atoms with Crippen molar-refractivity contribution < 1.29 is 28.6 Å². The lowest BCUT2D eigenvalue weighted by molar-refractivity contribution is -0.140. The second-order valence-corrected chi connectivity index (χ2v) is 7.96. The van der Waals surface area contributed by atoms with Gasteiger partial charge in [-0.2, -0.15) is 0 Å². The number of Topliss-reactive ketones (excluding diaryl/α,β-unsaturated/α-hetero) is 1. The first-order chi connectivity index (χ1) is 16.1. The zero-order valence-electron chi connectivity index (χ0n) is 18.1. The Morgan fingerprint density at radius 1 is 1.03 bits per heavy atom. The standard InChI is InChI=1S/C26H23NO6/c1-2-16-5-7-17(8-6-16)23-22(25(29)26(30)27(23)15-19-4-3-11-31-19)24(28)18-9-10-20-21(14-18)33-13-12-32-20/h3-11,14,23,28H,2,12-13,15H2,1H3/b24-22-. The first kappa shape index (κ1) is 20.9. The number of aliphatic hydroxyl groups excluding tert-OH is 1. The fourth-order valence-corrected chi connectivity index (χ4v) is 4.24. The van der Waals surface area contributed by atoms with Crippen molar-refractivity contribution in [3.8, 4) is 11.5 Å². The van der Waals surface area contributed by atoms with Gasteiger partial charge in [0.25, 0.3) is 11.7 Å². The van der Waals surface area contributed by atoms with E-state index in [-0.39, 0.29) is 17.9 Å². The maximum atomic E-state index is 13.2. The van der Waals surface area contributed by atoms with Crippen molar-refractivity contribution in [2.24, 2.45) is 0 Å². The Morgan fingerprint density at radius 3 is 2.48 bits per heavy atom. The van der Waals surface area contributed by atoms with Gasteiger partial charge in [-0.15, -0.1) is 0 Å². The van der Waals surface area contributed by atoms with Gasteiger partial charge < -0.3 is 23.9 Å². The van der Waals surface area contributed by atoms with Crippen molar-refractivity contribution in [2.45, 2.75) is 25.9 Å². The van der Waals surface area contributed by atoms with Crippen LogP contribution in [0.5, 0.6) is 11.5 Å². The number of rotatable bonds is 5. The molecule has 2 aliphatic heterocycles. The lowest BCUT2D eigenvalue weighted by Crippen LogP contribution is -2.29. The molecule has 0 radical (unpaired) electrons. The highest BCUT2D eigenvalue weighted by atomic mass is 16.6. The number of furan rings is 1. The van der Waals surface area contributed by atoms with E-state index < -0.39 is 17.7 Å². The first-order valence-corrected chi connectivity index (χ1v) is 10.9. The maximum Gasteiger partial charge on any atom is 0.296 e. The fourth-order valence-electron chi connectivity index (χ4n) is 4.24. The predicted octanol–water partition coefficient (Wildman–Crippen LogP) is 4.24. The monoisotopic (exact) mass is 445 g/mol. The highest BCUT2D eigenvalue weighted by molar-refractivity contribution is 6.46. The summed E-state index contributed by atoms with van der Waals surface area (Å²) in [6.45, 7) is 3.01. The maximum absolute atomic E-state index is 13.2. The quantitative estimate of drug-likeness (QED) is 0.359. The van der Waals surface area contributed by atoms with E-state index in [4.69, 9.17) is 13.9 Å². The number of likely N-dealkylation sites (tertiary alicyclic amines) is 1. The van der Waals surface area contributed by atoms with Gasteiger partial charge in [0, 0.05) is 5.56 Å². The average Bonchev–Trinajstić information content (AvgIpc) is 3.46. The third-order valence-corrected chi connectivity index (χ3v) is 5.97. The molecule has 7 nitrogen and oxygen atoms in total. The van der Waals surface area contributed by atoms with Gasteiger partial charge in [-0.3, -0.25) is 9.59 Å². The van der Waals surface area contributed by atoms with Crippen LogP contribution in [0.15, 0.2) is 70.9 Å². The number of fused-ring (bicyclic) bond motifs is 1. The molecule has 1 unspecified atom stereocenters. The van der Waals surface area contributed by atoms with E-state index in [1.165, 1.54) is 11.2 Å². The number of carbonyl (C=O) groups excluding carboxylic acids is 2. The Hall–Kier alpha value is -4.00. The smallest absolute Gasteiger partial charge is 0.296 e. The molecule has 168 valence electrons. The van der Waals surface area contributed by atoms with Crippen LogP contribution < -0.4 is 9.47 Å². The zero-order chi connectivity index (χ0) is 22.9. The molecule has 33 heavy (non-hydrogen) atoms. The molecule has 2 aromatic carbocycles. The molecule has 0 saturated carbocycles. The molecule has 1 amide bonds. The Balaban J connectivity index is 1.62. The van der Waals surface area contributed by atoms with Crippen LogP contribution in [0.25, 0.3) is 5.76 Å². The molecule has 1 aromatic heterocycles. The number of benzene rings is 2. The summed E-state index contributed by atoms with van der Waals surface area (Å²) < 4.78 is 16.6. The number of nitrogens with zero attached hydrogens (tertiary/aromatic N) is 1. The average molecular weight is 445 g/mol. The molecular weight excluding hydrogens is 422 g/mol. The van der Waals surface area contributed by atoms with Gasteiger partial charge in [-0.25, -0.2) is 0 Å². The lowest BCUT2D eigenvalue weighted by atomic mass is 9.94. The third kappa shape index (κ3) is 3.75.